The van der Waals surface area contributed by atoms with Crippen LogP contribution in [0.1, 0.15) is 16.4 Å². The van der Waals surface area contributed by atoms with Gasteiger partial charge in [-0.2, -0.15) is 0 Å². The number of nitrogens with one attached hydrogen (secondary N) is 1. The van der Waals surface area contributed by atoms with Gasteiger partial charge in [-0.1, -0.05) is 0 Å². The fourth-order valence-corrected chi connectivity index (χ4v) is 1.94. The van der Waals surface area contributed by atoms with Crippen molar-refractivity contribution in [2.75, 3.05) is 5.32 Å². The zero-order valence-electron chi connectivity index (χ0n) is 8.69. The number of aromatic nitrogens is 3. The molecule has 0 amide bonds. The lowest BCUT2D eigenvalue weighted by Gasteiger charge is -2.04. The van der Waals surface area contributed by atoms with Gasteiger partial charge in [0.2, 0.25) is 0 Å². The second-order valence-corrected chi connectivity index (χ2v) is 4.14. The van der Waals surface area contributed by atoms with Crippen LogP contribution >= 0.6 is 11.3 Å². The van der Waals surface area contributed by atoms with Crippen molar-refractivity contribution in [2.24, 2.45) is 0 Å². The Bertz CT molecular complexity index is 452. The molecule has 78 valence electrons. The molecular formula is C10H12N4S. The Hall–Kier alpha value is -1.49. The molecule has 0 fully saturated rings. The molecule has 0 aliphatic heterocycles. The van der Waals surface area contributed by atoms with Gasteiger partial charge in [0, 0.05) is 11.1 Å². The van der Waals surface area contributed by atoms with Gasteiger partial charge in [-0.15, -0.1) is 11.3 Å². The molecule has 0 aromatic carbocycles. The number of anilines is 1. The summed E-state index contributed by atoms with van der Waals surface area (Å²) in [5.74, 6) is 1.64. The molecule has 1 N–H and O–H groups in total. The molecule has 2 aromatic heterocycles. The maximum atomic E-state index is 4.26. The summed E-state index contributed by atoms with van der Waals surface area (Å²) in [5.41, 5.74) is 2.94. The van der Waals surface area contributed by atoms with Crippen LogP contribution in [0.2, 0.25) is 0 Å². The molecule has 2 rings (SSSR count). The van der Waals surface area contributed by atoms with Gasteiger partial charge in [0.1, 0.15) is 11.6 Å². The van der Waals surface area contributed by atoms with E-state index in [0.29, 0.717) is 0 Å². The minimum absolute atomic E-state index is 0.771. The van der Waals surface area contributed by atoms with Gasteiger partial charge in [-0.25, -0.2) is 15.0 Å². The smallest absolute Gasteiger partial charge is 0.129 e. The van der Waals surface area contributed by atoms with Gasteiger partial charge >= 0.3 is 0 Å². The standard InChI is InChI=1S/C10H12N4S/c1-7-9(15-6-13-7)5-12-10-3-4-11-8(2)14-10/h3-4,6H,5H2,1-2H3,(H,11,12,14). The predicted octanol–water partition coefficient (Wildman–Crippen LogP) is 2.16. The highest BCUT2D eigenvalue weighted by atomic mass is 32.1. The Morgan fingerprint density at radius 1 is 1.33 bits per heavy atom. The van der Waals surface area contributed by atoms with Crippen molar-refractivity contribution in [2.45, 2.75) is 20.4 Å². The van der Waals surface area contributed by atoms with E-state index in [0.717, 1.165) is 23.9 Å². The minimum atomic E-state index is 0.771. The van der Waals surface area contributed by atoms with Crippen molar-refractivity contribution < 1.29 is 0 Å². The molecule has 0 bridgehead atoms. The highest BCUT2D eigenvalue weighted by Crippen LogP contribution is 2.13. The van der Waals surface area contributed by atoms with E-state index in [-0.39, 0.29) is 0 Å². The van der Waals surface area contributed by atoms with Crippen molar-refractivity contribution in [3.05, 3.63) is 34.2 Å². The predicted molar refractivity (Wildman–Crippen MR) is 60.9 cm³/mol. The third kappa shape index (κ3) is 2.50. The van der Waals surface area contributed by atoms with Gasteiger partial charge in [0.25, 0.3) is 0 Å². The van der Waals surface area contributed by atoms with Crippen LogP contribution in [0.25, 0.3) is 0 Å². The SMILES string of the molecule is Cc1nccc(NCc2scnc2C)n1. The maximum absolute atomic E-state index is 4.26. The van der Waals surface area contributed by atoms with Crippen molar-refractivity contribution in [1.82, 2.24) is 15.0 Å². The van der Waals surface area contributed by atoms with Crippen LogP contribution in [0, 0.1) is 13.8 Å². The number of aryl methyl sites for hydroxylation is 2. The first-order chi connectivity index (χ1) is 7.25. The van der Waals surface area contributed by atoms with Crippen LogP contribution in [0.5, 0.6) is 0 Å². The van der Waals surface area contributed by atoms with E-state index in [1.807, 2.05) is 25.4 Å². The number of thiazole rings is 1. The van der Waals surface area contributed by atoms with Crippen molar-refractivity contribution in [3.63, 3.8) is 0 Å². The van der Waals surface area contributed by atoms with Crippen LogP contribution in [0.4, 0.5) is 5.82 Å². The first-order valence-electron chi connectivity index (χ1n) is 4.68. The Labute approximate surface area is 92.4 Å². The van der Waals surface area contributed by atoms with Crippen LogP contribution < -0.4 is 5.32 Å². The van der Waals surface area contributed by atoms with E-state index in [2.05, 4.69) is 20.3 Å². The molecular weight excluding hydrogens is 208 g/mol. The summed E-state index contributed by atoms with van der Waals surface area (Å²) in [5, 5.41) is 3.25. The number of nitrogens with zero attached hydrogens (tertiary/aromatic N) is 3. The molecule has 0 saturated heterocycles. The largest absolute Gasteiger partial charge is 0.365 e. The van der Waals surface area contributed by atoms with E-state index in [1.54, 1.807) is 17.5 Å². The first kappa shape index (κ1) is 10.0. The van der Waals surface area contributed by atoms with Crippen LogP contribution in [0.15, 0.2) is 17.8 Å². The fraction of sp³-hybridized carbons (Fsp3) is 0.300. The lowest BCUT2D eigenvalue weighted by atomic mass is 10.4. The molecule has 0 aliphatic carbocycles. The summed E-state index contributed by atoms with van der Waals surface area (Å²) in [4.78, 5) is 13.7. The van der Waals surface area contributed by atoms with E-state index < -0.39 is 0 Å². The monoisotopic (exact) mass is 220 g/mol. The molecule has 0 radical (unpaired) electrons. The summed E-state index contributed by atoms with van der Waals surface area (Å²) >= 11 is 1.66. The van der Waals surface area contributed by atoms with Crippen molar-refractivity contribution >= 4 is 17.2 Å². The third-order valence-corrected chi connectivity index (χ3v) is 2.99. The fourth-order valence-electron chi connectivity index (χ4n) is 1.22. The quantitative estimate of drug-likeness (QED) is 0.861. The molecule has 0 atom stereocenters. The molecule has 2 heterocycles. The summed E-state index contributed by atoms with van der Waals surface area (Å²) in [6.07, 6.45) is 1.75. The summed E-state index contributed by atoms with van der Waals surface area (Å²) < 4.78 is 0. The molecule has 0 unspecified atom stereocenters. The van der Waals surface area contributed by atoms with E-state index in [1.165, 1.54) is 4.88 Å². The van der Waals surface area contributed by atoms with Gasteiger partial charge in [-0.05, 0) is 19.9 Å². The number of hydrogen-bond acceptors (Lipinski definition) is 5. The van der Waals surface area contributed by atoms with Gasteiger partial charge in [0.05, 0.1) is 17.7 Å². The third-order valence-electron chi connectivity index (χ3n) is 2.05. The van der Waals surface area contributed by atoms with Gasteiger partial charge < -0.3 is 5.32 Å². The lowest BCUT2D eigenvalue weighted by Crippen LogP contribution is -2.02. The van der Waals surface area contributed by atoms with Crippen LogP contribution in [-0.4, -0.2) is 15.0 Å². The van der Waals surface area contributed by atoms with E-state index >= 15 is 0 Å². The Morgan fingerprint density at radius 3 is 2.87 bits per heavy atom. The van der Waals surface area contributed by atoms with Crippen LogP contribution in [0.3, 0.4) is 0 Å². The summed E-state index contributed by atoms with van der Waals surface area (Å²) in [7, 11) is 0. The second kappa shape index (κ2) is 4.35. The minimum Gasteiger partial charge on any atom is -0.365 e. The summed E-state index contributed by atoms with van der Waals surface area (Å²) in [6.45, 7) is 4.66. The molecule has 5 heteroatoms. The second-order valence-electron chi connectivity index (χ2n) is 3.20. The van der Waals surface area contributed by atoms with Gasteiger partial charge in [0.15, 0.2) is 0 Å². The maximum Gasteiger partial charge on any atom is 0.129 e. The average Bonchev–Trinajstić information content (AvgIpc) is 2.61. The zero-order chi connectivity index (χ0) is 10.7. The number of rotatable bonds is 3. The summed E-state index contributed by atoms with van der Waals surface area (Å²) in [6, 6.07) is 1.86. The van der Waals surface area contributed by atoms with Crippen molar-refractivity contribution in [1.29, 1.82) is 0 Å². The first-order valence-corrected chi connectivity index (χ1v) is 5.56. The lowest BCUT2D eigenvalue weighted by molar-refractivity contribution is 1.02. The molecule has 2 aromatic rings. The molecule has 0 spiro atoms. The van der Waals surface area contributed by atoms with Gasteiger partial charge in [-0.3, -0.25) is 0 Å². The molecule has 4 nitrogen and oxygen atoms in total. The molecule has 0 saturated carbocycles. The van der Waals surface area contributed by atoms with Crippen LogP contribution in [-0.2, 0) is 6.54 Å². The molecule has 0 aliphatic rings. The highest BCUT2D eigenvalue weighted by molar-refractivity contribution is 7.09. The normalized spacial score (nSPS) is 10.3. The van der Waals surface area contributed by atoms with E-state index in [9.17, 15) is 0 Å². The van der Waals surface area contributed by atoms with Crippen molar-refractivity contribution in [3.8, 4) is 0 Å². The topological polar surface area (TPSA) is 50.7 Å². The van der Waals surface area contributed by atoms with E-state index in [4.69, 9.17) is 0 Å². The zero-order valence-corrected chi connectivity index (χ0v) is 9.51. The Balaban J connectivity index is 2.02. The Kier molecular flexibility index (Phi) is 2.91. The average molecular weight is 220 g/mol. The highest BCUT2D eigenvalue weighted by Gasteiger charge is 2.01. The molecule has 15 heavy (non-hydrogen) atoms. The Morgan fingerprint density at radius 2 is 2.20 bits per heavy atom. The number of hydrogen-bond donors (Lipinski definition) is 1.